The molecule has 3 aromatic carbocycles. The third kappa shape index (κ3) is 7.27. The molecule has 0 bridgehead atoms. The van der Waals surface area contributed by atoms with Crippen molar-refractivity contribution in [3.63, 3.8) is 0 Å². The maximum Gasteiger partial charge on any atom is 0.439 e. The molecule has 1 aliphatic rings. The van der Waals surface area contributed by atoms with E-state index in [-0.39, 0.29) is 72.9 Å². The molecule has 1 aliphatic carbocycles. The minimum atomic E-state index is -1.27. The number of hydrogen-bond acceptors (Lipinski definition) is 12. The monoisotopic (exact) mass is 707 g/mol. The first-order chi connectivity index (χ1) is 23.0. The number of aromatic nitrogens is 5. The van der Waals surface area contributed by atoms with Crippen LogP contribution in [-0.4, -0.2) is 41.7 Å². The van der Waals surface area contributed by atoms with Crippen LogP contribution in [0.4, 0.5) is 15.8 Å². The van der Waals surface area contributed by atoms with Crippen molar-refractivity contribution in [2.75, 3.05) is 11.1 Å². The van der Waals surface area contributed by atoms with Crippen LogP contribution < -0.4 is 38.7 Å². The van der Waals surface area contributed by atoms with Gasteiger partial charge in [0.15, 0.2) is 17.2 Å². The van der Waals surface area contributed by atoms with Gasteiger partial charge in [0.05, 0.1) is 6.20 Å². The SMILES string of the molecule is C.Cl.N[C@H]1CCc2cc(-c3noc(=O)[nH]3)ccc21.Nc1c(NCc2cc(CNC(=O)c3cc(C(=O)O)n4nccc4n3)ccc2F)c(=O)c1=O. The van der Waals surface area contributed by atoms with E-state index in [0.29, 0.717) is 11.4 Å². The summed E-state index contributed by atoms with van der Waals surface area (Å²) in [5.41, 5.74) is 13.5. The first-order valence-electron chi connectivity index (χ1n) is 14.4. The largest absolute Gasteiger partial charge is 0.477 e. The topological polar surface area (TPSA) is 254 Å². The number of amides is 1. The lowest BCUT2D eigenvalue weighted by atomic mass is 10.0. The lowest BCUT2D eigenvalue weighted by Gasteiger charge is -2.12. The maximum absolute atomic E-state index is 14.1. The lowest BCUT2D eigenvalue weighted by molar-refractivity contribution is 0.0687. The van der Waals surface area contributed by atoms with Gasteiger partial charge in [0.1, 0.15) is 22.9 Å². The number of halogens is 2. The molecule has 0 fully saturated rings. The summed E-state index contributed by atoms with van der Waals surface area (Å²) in [5.74, 6) is -2.52. The number of hydrogen-bond donors (Lipinski definition) is 6. The lowest BCUT2D eigenvalue weighted by Crippen LogP contribution is -2.37. The number of H-pyrrole nitrogens is 1. The number of aryl methyl sites for hydroxylation is 1. The number of carbonyl (C=O) groups is 2. The standard InChI is InChI=1S/C20H15FN6O5.C11H11N3O2.CH4.ClH/c21-11-2-1-9(5-10(11)8-23-16-15(22)17(28)18(16)29)7-24-19(30)12-6-13(20(31)32)27-14(26-12)3-4-25-27;12-9-4-2-6-5-7(1-3-8(6)9)10-13-11(15)16-14-10;;/h1-6,23H,7-8,22H2,(H,24,30)(H,31,32);1,3,5,9H,2,4,12H2,(H,13,14,15);1H4;1H/t;9-;;/m.0../s1. The Bertz CT molecular complexity index is 2340. The number of nitrogens with two attached hydrogens (primary N) is 2. The van der Waals surface area contributed by atoms with Crippen LogP contribution in [0.3, 0.4) is 0 Å². The highest BCUT2D eigenvalue weighted by Crippen LogP contribution is 2.31. The minimum absolute atomic E-state index is 0. The van der Waals surface area contributed by atoms with Crippen molar-refractivity contribution in [2.24, 2.45) is 5.73 Å². The van der Waals surface area contributed by atoms with Crippen LogP contribution in [0, 0.1) is 5.82 Å². The molecule has 7 rings (SSSR count). The van der Waals surface area contributed by atoms with Crippen LogP contribution >= 0.6 is 12.4 Å². The number of aromatic carboxylic acids is 1. The van der Waals surface area contributed by atoms with E-state index in [1.165, 1.54) is 41.6 Å². The Hall–Kier alpha value is -6.20. The van der Waals surface area contributed by atoms with Gasteiger partial charge in [-0.15, -0.1) is 12.4 Å². The summed E-state index contributed by atoms with van der Waals surface area (Å²) >= 11 is 0. The molecule has 260 valence electrons. The number of fused-ring (bicyclic) bond motifs is 2. The molecule has 50 heavy (non-hydrogen) atoms. The molecule has 0 saturated heterocycles. The van der Waals surface area contributed by atoms with E-state index in [1.807, 2.05) is 18.2 Å². The third-order valence-electron chi connectivity index (χ3n) is 7.76. The molecule has 0 aliphatic heterocycles. The van der Waals surface area contributed by atoms with Crippen LogP contribution in [0.5, 0.6) is 0 Å². The van der Waals surface area contributed by atoms with Crippen LogP contribution in [-0.2, 0) is 19.5 Å². The van der Waals surface area contributed by atoms with E-state index in [9.17, 15) is 33.5 Å². The first kappa shape index (κ1) is 36.6. The van der Waals surface area contributed by atoms with Crippen LogP contribution in [0.25, 0.3) is 17.0 Å². The van der Waals surface area contributed by atoms with Crippen molar-refractivity contribution in [2.45, 2.75) is 39.4 Å². The van der Waals surface area contributed by atoms with Gasteiger partial charge in [0, 0.05) is 42.4 Å². The van der Waals surface area contributed by atoms with Crippen molar-refractivity contribution in [1.82, 2.24) is 30.1 Å². The molecule has 6 aromatic rings. The van der Waals surface area contributed by atoms with E-state index in [4.69, 9.17) is 11.5 Å². The van der Waals surface area contributed by atoms with Crippen molar-refractivity contribution in [3.05, 3.63) is 125 Å². The molecule has 18 heteroatoms. The Balaban J connectivity index is 0.000000262. The molecular weight excluding hydrogens is 677 g/mol. The summed E-state index contributed by atoms with van der Waals surface area (Å²) in [5, 5.41) is 22.1. The smallest absolute Gasteiger partial charge is 0.439 e. The summed E-state index contributed by atoms with van der Waals surface area (Å²) in [6, 6.07) is 12.7. The van der Waals surface area contributed by atoms with Crippen molar-refractivity contribution >= 4 is 41.3 Å². The Labute approximate surface area is 287 Å². The Morgan fingerprint density at radius 3 is 2.56 bits per heavy atom. The predicted molar refractivity (Wildman–Crippen MR) is 182 cm³/mol. The number of anilines is 2. The van der Waals surface area contributed by atoms with Gasteiger partial charge in [-0.25, -0.2) is 23.5 Å². The van der Waals surface area contributed by atoms with Gasteiger partial charge in [-0.3, -0.25) is 23.9 Å². The molecule has 0 saturated carbocycles. The number of nitrogens with zero attached hydrogens (tertiary/aromatic N) is 4. The zero-order chi connectivity index (χ0) is 34.1. The summed E-state index contributed by atoms with van der Waals surface area (Å²) in [7, 11) is 0. The Morgan fingerprint density at radius 1 is 1.08 bits per heavy atom. The number of nitrogens with one attached hydrogen (secondary N) is 3. The van der Waals surface area contributed by atoms with Gasteiger partial charge >= 0.3 is 11.7 Å². The third-order valence-corrected chi connectivity index (χ3v) is 7.76. The fourth-order valence-corrected chi connectivity index (χ4v) is 5.25. The summed E-state index contributed by atoms with van der Waals surface area (Å²) in [4.78, 5) is 64.0. The number of nitrogen functional groups attached to an aromatic ring is 1. The number of rotatable bonds is 8. The average molecular weight is 708 g/mol. The maximum atomic E-state index is 14.1. The second-order valence-electron chi connectivity index (χ2n) is 10.8. The zero-order valence-electron chi connectivity index (χ0n) is 25.2. The number of aromatic amines is 1. The molecule has 8 N–H and O–H groups in total. The molecule has 0 spiro atoms. The summed E-state index contributed by atoms with van der Waals surface area (Å²) in [6.07, 6.45) is 3.32. The second-order valence-corrected chi connectivity index (χ2v) is 10.8. The van der Waals surface area contributed by atoms with Crippen LogP contribution in [0.1, 0.15) is 63.1 Å². The highest BCUT2D eigenvalue weighted by atomic mass is 35.5. The molecule has 1 atom stereocenters. The van der Waals surface area contributed by atoms with E-state index in [0.717, 1.165) is 29.0 Å². The first-order valence-corrected chi connectivity index (χ1v) is 14.4. The molecular formula is C32H31ClFN9O7. The number of benzene rings is 2. The van der Waals surface area contributed by atoms with Gasteiger partial charge < -0.3 is 27.2 Å². The Morgan fingerprint density at radius 2 is 1.86 bits per heavy atom. The fourth-order valence-electron chi connectivity index (χ4n) is 5.25. The van der Waals surface area contributed by atoms with Crippen LogP contribution in [0.2, 0.25) is 0 Å². The molecule has 3 aromatic heterocycles. The normalized spacial score (nSPS) is 13.0. The molecule has 1 amide bonds. The molecule has 0 radical (unpaired) electrons. The molecule has 3 heterocycles. The Kier molecular flexibility index (Phi) is 10.9. The van der Waals surface area contributed by atoms with Gasteiger partial charge in [-0.05, 0) is 47.7 Å². The van der Waals surface area contributed by atoms with Crippen molar-refractivity contribution in [1.29, 1.82) is 0 Å². The van der Waals surface area contributed by atoms with E-state index in [2.05, 4.69) is 35.4 Å². The second kappa shape index (κ2) is 14.9. The highest BCUT2D eigenvalue weighted by molar-refractivity contribution is 5.96. The summed E-state index contributed by atoms with van der Waals surface area (Å²) in [6.45, 7) is -0.0903. The number of carboxylic acids is 1. The van der Waals surface area contributed by atoms with Crippen molar-refractivity contribution in [3.8, 4) is 11.4 Å². The quantitative estimate of drug-likeness (QED) is 0.124. The van der Waals surface area contributed by atoms with Gasteiger partial charge in [0.25, 0.3) is 16.8 Å². The predicted octanol–water partition coefficient (Wildman–Crippen LogP) is 2.32. The molecule has 0 unspecified atom stereocenters. The highest BCUT2D eigenvalue weighted by Gasteiger charge is 2.21. The molecule has 16 nitrogen and oxygen atoms in total. The fraction of sp³-hybridized carbons (Fsp3) is 0.188. The summed E-state index contributed by atoms with van der Waals surface area (Å²) < 4.78 is 19.7. The van der Waals surface area contributed by atoms with Gasteiger partial charge in [0.2, 0.25) is 0 Å². The van der Waals surface area contributed by atoms with Crippen molar-refractivity contribution < 1.29 is 23.6 Å². The number of carbonyl (C=O) groups excluding carboxylic acids is 1. The van der Waals surface area contributed by atoms with Gasteiger partial charge in [-0.1, -0.05) is 30.8 Å². The van der Waals surface area contributed by atoms with E-state index < -0.39 is 34.3 Å². The van der Waals surface area contributed by atoms with E-state index >= 15 is 0 Å². The minimum Gasteiger partial charge on any atom is -0.477 e. The zero-order valence-corrected chi connectivity index (χ0v) is 26.0. The average Bonchev–Trinajstić information content (AvgIpc) is 3.84. The number of carboxylic acid groups (broad SMARTS) is 1. The van der Waals surface area contributed by atoms with Crippen LogP contribution in [0.15, 0.2) is 73.6 Å². The van der Waals surface area contributed by atoms with E-state index in [1.54, 1.807) is 0 Å². The van der Waals surface area contributed by atoms with Gasteiger partial charge in [-0.2, -0.15) is 5.10 Å².